The van der Waals surface area contributed by atoms with E-state index in [0.717, 1.165) is 12.8 Å². The van der Waals surface area contributed by atoms with E-state index in [0.29, 0.717) is 26.2 Å². The van der Waals surface area contributed by atoms with Crippen LogP contribution in [0.25, 0.3) is 0 Å². The minimum Gasteiger partial charge on any atom is -0.326 e. The smallest absolute Gasteiger partial charge is 0.282 e. The summed E-state index contributed by atoms with van der Waals surface area (Å²) in [6, 6.07) is -0.0325. The quantitative estimate of drug-likeness (QED) is 0.764. The largest absolute Gasteiger partial charge is 0.326 e. The number of hydrogen-bond acceptors (Lipinski definition) is 3. The summed E-state index contributed by atoms with van der Waals surface area (Å²) in [5.74, 6) is 0.245. The van der Waals surface area contributed by atoms with Crippen LogP contribution in [0.3, 0.4) is 0 Å². The summed E-state index contributed by atoms with van der Waals surface area (Å²) in [5, 5.41) is 0. The molecule has 102 valence electrons. The summed E-state index contributed by atoms with van der Waals surface area (Å²) in [5.41, 5.74) is 5.89. The van der Waals surface area contributed by atoms with Crippen LogP contribution >= 0.6 is 0 Å². The van der Waals surface area contributed by atoms with Crippen LogP contribution in [0.1, 0.15) is 33.6 Å². The van der Waals surface area contributed by atoms with Gasteiger partial charge in [0.05, 0.1) is 0 Å². The Kier molecular flexibility index (Phi) is 5.37. The fourth-order valence-electron chi connectivity index (χ4n) is 2.14. The third-order valence-electron chi connectivity index (χ3n) is 3.24. The van der Waals surface area contributed by atoms with E-state index in [1.54, 1.807) is 4.31 Å². The van der Waals surface area contributed by atoms with Crippen molar-refractivity contribution in [3.63, 3.8) is 0 Å². The van der Waals surface area contributed by atoms with Crippen molar-refractivity contribution in [3.8, 4) is 0 Å². The molecular formula is C11H25N3O2S. The molecule has 1 heterocycles. The van der Waals surface area contributed by atoms with Crippen molar-refractivity contribution in [2.45, 2.75) is 39.7 Å². The molecule has 0 spiro atoms. The van der Waals surface area contributed by atoms with E-state index in [2.05, 4.69) is 0 Å². The van der Waals surface area contributed by atoms with Gasteiger partial charge in [-0.25, -0.2) is 0 Å². The Morgan fingerprint density at radius 1 is 1.24 bits per heavy atom. The molecule has 5 nitrogen and oxygen atoms in total. The second kappa shape index (κ2) is 6.13. The fraction of sp³-hybridized carbons (Fsp3) is 1.00. The molecule has 0 saturated carbocycles. The molecule has 1 aliphatic rings. The lowest BCUT2D eigenvalue weighted by molar-refractivity contribution is 0.355. The minimum atomic E-state index is -3.30. The normalized spacial score (nSPS) is 26.9. The third kappa shape index (κ3) is 3.40. The Bertz CT molecular complexity index is 308. The molecule has 2 atom stereocenters. The highest BCUT2D eigenvalue weighted by Crippen LogP contribution is 2.20. The van der Waals surface area contributed by atoms with Gasteiger partial charge < -0.3 is 5.73 Å². The Morgan fingerprint density at radius 3 is 2.12 bits per heavy atom. The Hall–Kier alpha value is -0.170. The van der Waals surface area contributed by atoms with Gasteiger partial charge in [0.2, 0.25) is 0 Å². The summed E-state index contributed by atoms with van der Waals surface area (Å²) < 4.78 is 27.9. The van der Waals surface area contributed by atoms with Gasteiger partial charge in [0.15, 0.2) is 0 Å². The first-order chi connectivity index (χ1) is 7.93. The molecule has 0 amide bonds. The first-order valence-corrected chi connectivity index (χ1v) is 7.84. The van der Waals surface area contributed by atoms with Crippen LogP contribution in [0, 0.1) is 5.92 Å². The van der Waals surface area contributed by atoms with Crippen molar-refractivity contribution >= 4 is 10.2 Å². The molecule has 17 heavy (non-hydrogen) atoms. The second-order valence-electron chi connectivity index (χ2n) is 4.86. The van der Waals surface area contributed by atoms with Gasteiger partial charge in [-0.05, 0) is 18.8 Å². The molecule has 1 rings (SSSR count). The van der Waals surface area contributed by atoms with Crippen molar-refractivity contribution in [2.75, 3.05) is 26.2 Å². The SMILES string of the molecule is CCCN(CCC)S(=O)(=O)N1CC(C)C(N)C1. The predicted octanol–water partition coefficient (Wildman–Crippen LogP) is 0.632. The van der Waals surface area contributed by atoms with E-state index in [-0.39, 0.29) is 12.0 Å². The zero-order chi connectivity index (χ0) is 13.1. The van der Waals surface area contributed by atoms with Crippen molar-refractivity contribution in [1.82, 2.24) is 8.61 Å². The molecular weight excluding hydrogens is 238 g/mol. The van der Waals surface area contributed by atoms with Crippen molar-refractivity contribution in [3.05, 3.63) is 0 Å². The summed E-state index contributed by atoms with van der Waals surface area (Å²) in [6.45, 7) is 8.19. The maximum absolute atomic E-state index is 12.4. The Labute approximate surface area is 105 Å². The highest BCUT2D eigenvalue weighted by Gasteiger charge is 2.37. The second-order valence-corrected chi connectivity index (χ2v) is 6.79. The maximum atomic E-state index is 12.4. The van der Waals surface area contributed by atoms with Gasteiger partial charge in [-0.2, -0.15) is 17.0 Å². The molecule has 0 aromatic heterocycles. The maximum Gasteiger partial charge on any atom is 0.282 e. The lowest BCUT2D eigenvalue weighted by Crippen LogP contribution is -2.44. The Balaban J connectivity index is 2.78. The van der Waals surface area contributed by atoms with Crippen LogP contribution in [-0.2, 0) is 10.2 Å². The average molecular weight is 263 g/mol. The van der Waals surface area contributed by atoms with E-state index in [9.17, 15) is 8.42 Å². The van der Waals surface area contributed by atoms with Crippen LogP contribution in [0.2, 0.25) is 0 Å². The lowest BCUT2D eigenvalue weighted by Gasteiger charge is -2.26. The molecule has 0 bridgehead atoms. The van der Waals surface area contributed by atoms with Gasteiger partial charge in [-0.3, -0.25) is 0 Å². The van der Waals surface area contributed by atoms with E-state index in [1.165, 1.54) is 4.31 Å². The first kappa shape index (κ1) is 14.9. The number of nitrogens with two attached hydrogens (primary N) is 1. The molecule has 6 heteroatoms. The van der Waals surface area contributed by atoms with Crippen LogP contribution in [0.4, 0.5) is 0 Å². The van der Waals surface area contributed by atoms with Gasteiger partial charge in [0.1, 0.15) is 0 Å². The zero-order valence-electron chi connectivity index (χ0n) is 11.1. The molecule has 0 radical (unpaired) electrons. The monoisotopic (exact) mass is 263 g/mol. The summed E-state index contributed by atoms with van der Waals surface area (Å²) in [6.07, 6.45) is 1.68. The molecule has 1 fully saturated rings. The highest BCUT2D eigenvalue weighted by atomic mass is 32.2. The number of nitrogens with zero attached hydrogens (tertiary/aromatic N) is 2. The minimum absolute atomic E-state index is 0.0325. The number of hydrogen-bond donors (Lipinski definition) is 1. The van der Waals surface area contributed by atoms with Crippen LogP contribution in [-0.4, -0.2) is 49.2 Å². The fourth-order valence-corrected chi connectivity index (χ4v) is 4.08. The first-order valence-electron chi connectivity index (χ1n) is 6.44. The average Bonchev–Trinajstić information content (AvgIpc) is 2.59. The van der Waals surface area contributed by atoms with E-state index in [1.807, 2.05) is 20.8 Å². The van der Waals surface area contributed by atoms with Gasteiger partial charge in [-0.1, -0.05) is 20.8 Å². The molecule has 0 aliphatic carbocycles. The predicted molar refractivity (Wildman–Crippen MR) is 69.8 cm³/mol. The van der Waals surface area contributed by atoms with Gasteiger partial charge in [-0.15, -0.1) is 0 Å². The van der Waals surface area contributed by atoms with Crippen LogP contribution in [0.5, 0.6) is 0 Å². The zero-order valence-corrected chi connectivity index (χ0v) is 11.9. The van der Waals surface area contributed by atoms with Gasteiger partial charge in [0.25, 0.3) is 10.2 Å². The van der Waals surface area contributed by atoms with Crippen LogP contribution < -0.4 is 5.73 Å². The third-order valence-corrected chi connectivity index (χ3v) is 5.20. The van der Waals surface area contributed by atoms with Crippen molar-refractivity contribution in [2.24, 2.45) is 11.7 Å². The molecule has 1 saturated heterocycles. The summed E-state index contributed by atoms with van der Waals surface area (Å²) in [7, 11) is -3.30. The number of rotatable bonds is 6. The van der Waals surface area contributed by atoms with E-state index in [4.69, 9.17) is 5.73 Å². The van der Waals surface area contributed by atoms with E-state index < -0.39 is 10.2 Å². The van der Waals surface area contributed by atoms with Crippen molar-refractivity contribution < 1.29 is 8.42 Å². The lowest BCUT2D eigenvalue weighted by atomic mass is 10.1. The molecule has 0 aromatic rings. The summed E-state index contributed by atoms with van der Waals surface area (Å²) >= 11 is 0. The van der Waals surface area contributed by atoms with Gasteiger partial charge >= 0.3 is 0 Å². The summed E-state index contributed by atoms with van der Waals surface area (Å²) in [4.78, 5) is 0. The highest BCUT2D eigenvalue weighted by molar-refractivity contribution is 7.86. The molecule has 1 aliphatic heterocycles. The topological polar surface area (TPSA) is 66.6 Å². The Morgan fingerprint density at radius 2 is 1.76 bits per heavy atom. The van der Waals surface area contributed by atoms with E-state index >= 15 is 0 Å². The van der Waals surface area contributed by atoms with Crippen molar-refractivity contribution in [1.29, 1.82) is 0 Å². The van der Waals surface area contributed by atoms with Crippen LogP contribution in [0.15, 0.2) is 0 Å². The molecule has 0 aromatic carbocycles. The standard InChI is InChI=1S/C11H25N3O2S/c1-4-6-13(7-5-2)17(15,16)14-8-10(3)11(12)9-14/h10-11H,4-9,12H2,1-3H3. The molecule has 2 unspecified atom stereocenters. The molecule has 2 N–H and O–H groups in total. The van der Waals surface area contributed by atoms with Gasteiger partial charge in [0, 0.05) is 32.2 Å².